The van der Waals surface area contributed by atoms with E-state index in [2.05, 4.69) is 298 Å². The number of rotatable bonds is 0. The zero-order chi connectivity index (χ0) is 77.8. The lowest BCUT2D eigenvalue weighted by molar-refractivity contribution is -0.661. The summed E-state index contributed by atoms with van der Waals surface area (Å²) in [6, 6.07) is 50.9. The summed E-state index contributed by atoms with van der Waals surface area (Å²) in [7, 11) is 15.0. The summed E-state index contributed by atoms with van der Waals surface area (Å²) < 4.78 is 15.8. The summed E-state index contributed by atoms with van der Waals surface area (Å²) in [6.45, 7) is 8.12. The van der Waals surface area contributed by atoms with E-state index in [1.54, 1.807) is 6.33 Å². The molecule has 22 heterocycles. The smallest absolute Gasteiger partial charge is 0.261 e. The minimum atomic E-state index is 0.188. The van der Waals surface area contributed by atoms with Gasteiger partial charge >= 0.3 is 33.6 Å². The molecule has 10 aliphatic heterocycles. The van der Waals surface area contributed by atoms with Crippen molar-refractivity contribution in [3.8, 4) is 0 Å². The first-order chi connectivity index (χ1) is 56.2. The molecule has 0 atom stereocenters. The van der Waals surface area contributed by atoms with Crippen LogP contribution in [0, 0.1) is 20.8 Å². The van der Waals surface area contributed by atoms with E-state index < -0.39 is 0 Å². The zero-order valence-corrected chi connectivity index (χ0v) is 67.0. The highest BCUT2D eigenvalue weighted by Gasteiger charge is 2.52. The van der Waals surface area contributed by atoms with E-state index in [0.29, 0.717) is 20.1 Å². The molecule has 115 heavy (non-hydrogen) atoms. The summed E-state index contributed by atoms with van der Waals surface area (Å²) in [5.74, 6) is 0. The fraction of sp³-hybridized carbons (Fsp3) is 0.211. The molecule has 550 valence electrons. The number of nitrogens with zero attached hydrogens (tertiary/aromatic N) is 15. The molecule has 20 heteroatoms. The Morgan fingerprint density at radius 3 is 0.913 bits per heavy atom. The van der Waals surface area contributed by atoms with Crippen molar-refractivity contribution in [2.24, 2.45) is 49.3 Å². The largest absolute Gasteiger partial charge is 0.408 e. The number of hydrogen-bond donors (Lipinski definition) is 0. The van der Waals surface area contributed by atoms with Gasteiger partial charge in [-0.05, 0) is 142 Å². The highest BCUT2D eigenvalue weighted by Crippen LogP contribution is 2.27. The fourth-order valence-electron chi connectivity index (χ4n) is 22.1. The van der Waals surface area contributed by atoms with Crippen molar-refractivity contribution in [1.29, 1.82) is 0 Å². The van der Waals surface area contributed by atoms with Crippen LogP contribution >= 0.6 is 0 Å². The van der Waals surface area contributed by atoms with Gasteiger partial charge in [0.05, 0.1) is 18.8 Å². The summed E-state index contributed by atoms with van der Waals surface area (Å²) in [6.07, 6.45) is 37.7. The minimum absolute atomic E-state index is 0.188. The van der Waals surface area contributed by atoms with Gasteiger partial charge in [-0.3, -0.25) is 19.9 Å². The first-order valence-electron chi connectivity index (χ1n) is 40.7. The molecule has 0 amide bonds. The number of aromatic nitrogens is 15. The molecule has 10 aliphatic rings. The van der Waals surface area contributed by atoms with Gasteiger partial charge in [-0.15, -0.1) is 0 Å². The number of aryl methyl sites for hydroxylation is 10. The summed E-state index contributed by atoms with van der Waals surface area (Å²) in [5.41, 5.74) is 52.2. The molecule has 0 aliphatic carbocycles. The Morgan fingerprint density at radius 2 is 0.504 bits per heavy atom. The Hall–Kier alpha value is -12.4. The van der Waals surface area contributed by atoms with Crippen LogP contribution in [0.15, 0.2) is 227 Å². The number of pyridine rings is 9. The maximum Gasteiger partial charge on any atom is 0.408 e. The predicted octanol–water partition coefficient (Wildman–Crippen LogP) is -2.09. The Bertz CT molecular complexity index is 5210. The van der Waals surface area contributed by atoms with Crippen molar-refractivity contribution in [3.63, 3.8) is 0 Å². The van der Waals surface area contributed by atoms with Gasteiger partial charge in [0.15, 0.2) is 54.0 Å². The van der Waals surface area contributed by atoms with Crippen molar-refractivity contribution in [2.75, 3.05) is 0 Å². The van der Waals surface area contributed by atoms with Crippen LogP contribution in [0.25, 0.3) is 0 Å². The monoisotopic (exact) mass is 1490 g/mol. The molecule has 15 nitrogen and oxygen atoms in total. The van der Waals surface area contributed by atoms with E-state index in [0.717, 1.165) is 69.9 Å². The first-order valence-corrected chi connectivity index (χ1v) is 40.7. The number of fused-ring (bicyclic) bond motifs is 20. The molecule has 0 N–H and O–H groups in total. The third-order valence-electron chi connectivity index (χ3n) is 26.8. The van der Waals surface area contributed by atoms with Gasteiger partial charge in [-0.2, -0.15) is 0 Å². The Kier molecular flexibility index (Phi) is 17.0. The first kappa shape index (κ1) is 70.4. The van der Waals surface area contributed by atoms with E-state index >= 15 is 0 Å². The molecule has 3 aromatic carbocycles. The third-order valence-corrected chi connectivity index (χ3v) is 26.8. The summed E-state index contributed by atoms with van der Waals surface area (Å²) in [4.78, 5) is 37.2. The Balaban J connectivity index is 0.0000000900. The van der Waals surface area contributed by atoms with Crippen LogP contribution in [0.4, 0.5) is 0 Å². The molecule has 0 unspecified atom stereocenters. The van der Waals surface area contributed by atoms with Gasteiger partial charge in [-0.1, -0.05) is 92.7 Å². The zero-order valence-electron chi connectivity index (χ0n) is 67.0. The van der Waals surface area contributed by atoms with Gasteiger partial charge in [0.25, 0.3) is 6.33 Å². The van der Waals surface area contributed by atoms with Crippen LogP contribution in [0.2, 0.25) is 0 Å². The van der Waals surface area contributed by atoms with Crippen molar-refractivity contribution < 1.29 is 32.0 Å². The average Bonchev–Trinajstić information content (AvgIpc) is 0.747. The lowest BCUT2D eigenvalue weighted by Crippen LogP contribution is -2.75. The molecule has 0 fully saturated rings. The second kappa shape index (κ2) is 27.7. The van der Waals surface area contributed by atoms with Crippen molar-refractivity contribution in [2.45, 2.75) is 85.0 Å². The number of benzene rings is 3. The van der Waals surface area contributed by atoms with Gasteiger partial charge in [0, 0.05) is 187 Å². The van der Waals surface area contributed by atoms with E-state index in [4.69, 9.17) is 15.0 Å². The maximum atomic E-state index is 4.73. The molecule has 25 rings (SSSR count). The summed E-state index contributed by atoms with van der Waals surface area (Å²) in [5, 5.41) is 0. The van der Waals surface area contributed by atoms with Gasteiger partial charge in [-0.25, -0.2) is 46.9 Å². The second-order valence-corrected chi connectivity index (χ2v) is 33.3. The molecule has 0 saturated carbocycles. The van der Waals surface area contributed by atoms with Crippen molar-refractivity contribution in [3.05, 3.63) is 355 Å². The van der Waals surface area contributed by atoms with Crippen LogP contribution < -0.4 is 115 Å². The van der Waals surface area contributed by atoms with Crippen LogP contribution in [0.5, 0.6) is 0 Å². The Labute approximate surface area is 673 Å². The molecule has 0 radical (unpaired) electrons. The third kappa shape index (κ3) is 11.4. The highest BCUT2D eigenvalue weighted by atomic mass is 15.0. The topological polar surface area (TPSA) is 130 Å². The summed E-state index contributed by atoms with van der Waals surface area (Å²) >= 11 is 0. The SMILES string of the molecule is C[n+]1cccc2c1B1c3c(ccnc3Cc3ccc[n+](C)c31)C2.C[n+]1cncc2c1B1c3c(ccnc3C2)Cc2ncc[n+](C)c21.Cc1cccc2c1B1c3c(ccnc3C2)Cc2ccc[n+](C)c21.Cc1cccc2c1B1c3c(ccnc3C2)Cc2ccc[n+](C)c21.Cc1cccc2c1B1c3c(ncnc3Cc3ccc[n+](C)c31)C2. The molecule has 0 bridgehead atoms. The minimum Gasteiger partial charge on any atom is -0.261 e. The molecule has 15 aromatic rings. The molecular weight excluding hydrogens is 1410 g/mol. The quantitative estimate of drug-likeness (QED) is 0.125. The Morgan fingerprint density at radius 1 is 0.226 bits per heavy atom. The fourth-order valence-corrected chi connectivity index (χ4v) is 22.1. The average molecular weight is 1490 g/mol. The second-order valence-electron chi connectivity index (χ2n) is 33.3. The van der Waals surface area contributed by atoms with Crippen LogP contribution in [-0.4, -0.2) is 73.4 Å². The van der Waals surface area contributed by atoms with Gasteiger partial charge in [0.1, 0.15) is 77.3 Å². The van der Waals surface area contributed by atoms with Gasteiger partial charge < -0.3 is 0 Å². The molecular formula is C95H87B5N15+7. The van der Waals surface area contributed by atoms with Crippen LogP contribution in [-0.2, 0) is 114 Å². The van der Waals surface area contributed by atoms with E-state index in [-0.39, 0.29) is 13.4 Å². The molecule has 0 saturated heterocycles. The molecule has 0 spiro atoms. The lowest BCUT2D eigenvalue weighted by atomic mass is 9.32. The number of hydrogen-bond acceptors (Lipinski definition) is 8. The van der Waals surface area contributed by atoms with Gasteiger partial charge in [0.2, 0.25) is 0 Å². The maximum absolute atomic E-state index is 4.73. The van der Waals surface area contributed by atoms with E-state index in [1.807, 2.05) is 49.7 Å². The van der Waals surface area contributed by atoms with E-state index in [1.165, 1.54) is 206 Å². The van der Waals surface area contributed by atoms with Crippen molar-refractivity contribution >= 4 is 116 Å². The standard InChI is InChI=1S/2C20H18BN2.C19H18BN3.C19H17BN3.C17H16BN5/c2*1-13-5-3-6-14-12-17-19-15(8-9-22-17)11-16-7-4-10-23(2)20(16)21(19)18(13)14;1-22-9-3-5-14-11-13-7-8-21-16-12-15-6-4-10-23(2)19(15)20(17(13)16)18(14)22;1-12-5-3-6-13-9-15-18-16(22-11-21-15)10-14-7-4-8-23(2)19(14)20(18)17(12)13;1-22-6-5-21-14-7-11-3-4-20-13-8-12-9-19-10-23(2)16(12)18(15(11)13)17(14)22/h3*3-10H,11-12H2,1-2H3;3-8,11H,9-10H2,1-2H3;3-6,9-10H,7-8H2,1-2H3/q2*+1;+2;+1;+2. The predicted molar refractivity (Wildman–Crippen MR) is 453 cm³/mol. The highest BCUT2D eigenvalue weighted by molar-refractivity contribution is 6.98. The van der Waals surface area contributed by atoms with E-state index in [9.17, 15) is 0 Å². The normalized spacial score (nSPS) is 14.1. The molecule has 12 aromatic heterocycles. The lowest BCUT2D eigenvalue weighted by Gasteiger charge is -2.31. The van der Waals surface area contributed by atoms with Crippen LogP contribution in [0.1, 0.15) is 129 Å². The van der Waals surface area contributed by atoms with Crippen LogP contribution in [0.3, 0.4) is 0 Å². The van der Waals surface area contributed by atoms with Crippen molar-refractivity contribution in [1.82, 2.24) is 39.9 Å².